The SMILES string of the molecule is COC(C)CC(=O)N1CCC1. The standard InChI is InChI=1S/C8H15NO2/c1-7(11-2)6-8(10)9-4-3-5-9/h7H,3-6H2,1-2H3. The molecule has 1 aliphatic heterocycles. The molecule has 1 fully saturated rings. The zero-order valence-corrected chi connectivity index (χ0v) is 7.17. The van der Waals surface area contributed by atoms with Crippen molar-refractivity contribution in [3.63, 3.8) is 0 Å². The van der Waals surface area contributed by atoms with Crippen LogP contribution in [0.15, 0.2) is 0 Å². The van der Waals surface area contributed by atoms with Crippen molar-refractivity contribution in [2.45, 2.75) is 25.9 Å². The first-order valence-electron chi connectivity index (χ1n) is 4.04. The summed E-state index contributed by atoms with van der Waals surface area (Å²) in [5.41, 5.74) is 0. The van der Waals surface area contributed by atoms with E-state index in [9.17, 15) is 4.79 Å². The zero-order valence-electron chi connectivity index (χ0n) is 7.17. The van der Waals surface area contributed by atoms with Crippen molar-refractivity contribution in [3.8, 4) is 0 Å². The quantitative estimate of drug-likeness (QED) is 0.601. The Morgan fingerprint density at radius 2 is 2.27 bits per heavy atom. The van der Waals surface area contributed by atoms with Crippen molar-refractivity contribution < 1.29 is 9.53 Å². The van der Waals surface area contributed by atoms with Crippen molar-refractivity contribution in [3.05, 3.63) is 0 Å². The third-order valence-corrected chi connectivity index (χ3v) is 2.07. The number of hydrogen-bond donors (Lipinski definition) is 0. The van der Waals surface area contributed by atoms with Crippen LogP contribution in [-0.4, -0.2) is 37.1 Å². The van der Waals surface area contributed by atoms with Gasteiger partial charge >= 0.3 is 0 Å². The van der Waals surface area contributed by atoms with Crippen LogP contribution < -0.4 is 0 Å². The van der Waals surface area contributed by atoms with E-state index >= 15 is 0 Å². The normalized spacial score (nSPS) is 19.3. The molecule has 1 heterocycles. The molecule has 1 saturated heterocycles. The molecule has 0 saturated carbocycles. The molecule has 0 aromatic rings. The average molecular weight is 157 g/mol. The highest BCUT2D eigenvalue weighted by Gasteiger charge is 2.21. The summed E-state index contributed by atoms with van der Waals surface area (Å²) in [7, 11) is 1.63. The Morgan fingerprint density at radius 3 is 2.64 bits per heavy atom. The third kappa shape index (κ3) is 2.19. The van der Waals surface area contributed by atoms with Crippen molar-refractivity contribution in [1.29, 1.82) is 0 Å². The van der Waals surface area contributed by atoms with E-state index in [-0.39, 0.29) is 12.0 Å². The molecular formula is C8H15NO2. The number of amides is 1. The van der Waals surface area contributed by atoms with E-state index < -0.39 is 0 Å². The van der Waals surface area contributed by atoms with E-state index in [0.29, 0.717) is 6.42 Å². The minimum Gasteiger partial charge on any atom is -0.381 e. The molecule has 1 aliphatic rings. The molecule has 3 heteroatoms. The summed E-state index contributed by atoms with van der Waals surface area (Å²) < 4.78 is 4.99. The predicted octanol–water partition coefficient (Wildman–Crippen LogP) is 0.644. The van der Waals surface area contributed by atoms with E-state index in [1.807, 2.05) is 11.8 Å². The van der Waals surface area contributed by atoms with Crippen LogP contribution in [0.5, 0.6) is 0 Å². The van der Waals surface area contributed by atoms with Crippen molar-refractivity contribution >= 4 is 5.91 Å². The van der Waals surface area contributed by atoms with Gasteiger partial charge in [-0.15, -0.1) is 0 Å². The molecule has 1 atom stereocenters. The van der Waals surface area contributed by atoms with E-state index in [1.165, 1.54) is 0 Å². The number of carbonyl (C=O) groups excluding carboxylic acids is 1. The summed E-state index contributed by atoms with van der Waals surface area (Å²) in [6, 6.07) is 0. The smallest absolute Gasteiger partial charge is 0.225 e. The maximum absolute atomic E-state index is 11.2. The van der Waals surface area contributed by atoms with Crippen LogP contribution in [0.25, 0.3) is 0 Å². The minimum atomic E-state index is 0.0584. The lowest BCUT2D eigenvalue weighted by atomic mass is 10.2. The molecule has 0 radical (unpaired) electrons. The molecule has 64 valence electrons. The Hall–Kier alpha value is -0.570. The van der Waals surface area contributed by atoms with Gasteiger partial charge in [-0.3, -0.25) is 4.79 Å². The van der Waals surface area contributed by atoms with Gasteiger partial charge in [-0.2, -0.15) is 0 Å². The van der Waals surface area contributed by atoms with Crippen molar-refractivity contribution in [2.75, 3.05) is 20.2 Å². The van der Waals surface area contributed by atoms with Gasteiger partial charge in [-0.1, -0.05) is 0 Å². The van der Waals surface area contributed by atoms with E-state index in [4.69, 9.17) is 4.74 Å². The Kier molecular flexibility index (Phi) is 2.88. The number of hydrogen-bond acceptors (Lipinski definition) is 2. The van der Waals surface area contributed by atoms with Crippen LogP contribution >= 0.6 is 0 Å². The van der Waals surface area contributed by atoms with Gasteiger partial charge in [0.15, 0.2) is 0 Å². The predicted molar refractivity (Wildman–Crippen MR) is 42.3 cm³/mol. The van der Waals surface area contributed by atoms with E-state index in [1.54, 1.807) is 7.11 Å². The Morgan fingerprint density at radius 1 is 1.64 bits per heavy atom. The van der Waals surface area contributed by atoms with E-state index in [2.05, 4.69) is 0 Å². The zero-order chi connectivity index (χ0) is 8.27. The summed E-state index contributed by atoms with van der Waals surface area (Å²) >= 11 is 0. The second-order valence-corrected chi connectivity index (χ2v) is 2.98. The van der Waals surface area contributed by atoms with Crippen molar-refractivity contribution in [2.24, 2.45) is 0 Å². The lowest BCUT2D eigenvalue weighted by Gasteiger charge is -2.31. The fourth-order valence-electron chi connectivity index (χ4n) is 1.02. The van der Waals surface area contributed by atoms with E-state index in [0.717, 1.165) is 19.5 Å². The lowest BCUT2D eigenvalue weighted by Crippen LogP contribution is -2.43. The summed E-state index contributed by atoms with van der Waals surface area (Å²) in [6.45, 7) is 3.79. The summed E-state index contributed by atoms with van der Waals surface area (Å²) in [4.78, 5) is 13.1. The molecule has 1 rings (SSSR count). The molecule has 1 unspecified atom stereocenters. The van der Waals surface area contributed by atoms with Crippen LogP contribution in [0.3, 0.4) is 0 Å². The first-order valence-corrected chi connectivity index (χ1v) is 4.04. The van der Waals surface area contributed by atoms with Gasteiger partial charge in [0.25, 0.3) is 0 Å². The van der Waals surface area contributed by atoms with Crippen LogP contribution in [0, 0.1) is 0 Å². The largest absolute Gasteiger partial charge is 0.381 e. The fraction of sp³-hybridized carbons (Fsp3) is 0.875. The van der Waals surface area contributed by atoms with Gasteiger partial charge in [0.05, 0.1) is 12.5 Å². The number of carbonyl (C=O) groups is 1. The molecular weight excluding hydrogens is 142 g/mol. The molecule has 0 aliphatic carbocycles. The number of nitrogens with zero attached hydrogens (tertiary/aromatic N) is 1. The van der Waals surface area contributed by atoms with Gasteiger partial charge in [0, 0.05) is 20.2 Å². The highest BCUT2D eigenvalue weighted by molar-refractivity contribution is 5.77. The number of ether oxygens (including phenoxy) is 1. The topological polar surface area (TPSA) is 29.5 Å². The number of rotatable bonds is 3. The molecule has 1 amide bonds. The second kappa shape index (κ2) is 3.72. The van der Waals surface area contributed by atoms with Gasteiger partial charge in [0.2, 0.25) is 5.91 Å². The molecule has 0 aromatic heterocycles. The third-order valence-electron chi connectivity index (χ3n) is 2.07. The Labute approximate surface area is 67.3 Å². The minimum absolute atomic E-state index is 0.0584. The van der Waals surface area contributed by atoms with Crippen LogP contribution in [0.2, 0.25) is 0 Å². The number of likely N-dealkylation sites (tertiary alicyclic amines) is 1. The Bertz CT molecular complexity index is 143. The molecule has 0 spiro atoms. The highest BCUT2D eigenvalue weighted by Crippen LogP contribution is 2.09. The second-order valence-electron chi connectivity index (χ2n) is 2.98. The summed E-state index contributed by atoms with van der Waals surface area (Å²) in [5.74, 6) is 0.227. The van der Waals surface area contributed by atoms with Crippen LogP contribution in [-0.2, 0) is 9.53 Å². The monoisotopic (exact) mass is 157 g/mol. The fourth-order valence-corrected chi connectivity index (χ4v) is 1.02. The van der Waals surface area contributed by atoms with Gasteiger partial charge in [-0.25, -0.2) is 0 Å². The molecule has 11 heavy (non-hydrogen) atoms. The first-order chi connectivity index (χ1) is 5.24. The summed E-state index contributed by atoms with van der Waals surface area (Å²) in [5, 5.41) is 0. The molecule has 0 aromatic carbocycles. The van der Waals surface area contributed by atoms with Gasteiger partial charge in [-0.05, 0) is 13.3 Å². The molecule has 3 nitrogen and oxygen atoms in total. The molecule has 0 N–H and O–H groups in total. The lowest BCUT2D eigenvalue weighted by molar-refractivity contribution is -0.136. The Balaban J connectivity index is 2.19. The highest BCUT2D eigenvalue weighted by atomic mass is 16.5. The maximum atomic E-state index is 11.2. The first kappa shape index (κ1) is 8.53. The summed E-state index contributed by atoms with van der Waals surface area (Å²) in [6.07, 6.45) is 1.74. The number of methoxy groups -OCH3 is 1. The van der Waals surface area contributed by atoms with Gasteiger partial charge in [0.1, 0.15) is 0 Å². The van der Waals surface area contributed by atoms with Gasteiger partial charge < -0.3 is 9.64 Å². The molecule has 0 bridgehead atoms. The van der Waals surface area contributed by atoms with Crippen LogP contribution in [0.1, 0.15) is 19.8 Å². The maximum Gasteiger partial charge on any atom is 0.225 e. The van der Waals surface area contributed by atoms with Crippen molar-refractivity contribution in [1.82, 2.24) is 4.90 Å². The van der Waals surface area contributed by atoms with Crippen LogP contribution in [0.4, 0.5) is 0 Å². The average Bonchev–Trinajstić information content (AvgIpc) is 1.83.